The molecule has 6 nitrogen and oxygen atoms in total. The van der Waals surface area contributed by atoms with Gasteiger partial charge in [-0.3, -0.25) is 9.59 Å². The summed E-state index contributed by atoms with van der Waals surface area (Å²) >= 11 is 5.78. The number of halogens is 1. The molecule has 0 bridgehead atoms. The molecule has 2 aromatic rings. The molecule has 0 spiro atoms. The average molecular weight is 375 g/mol. The van der Waals surface area contributed by atoms with Gasteiger partial charge in [-0.25, -0.2) is 4.79 Å². The van der Waals surface area contributed by atoms with E-state index in [-0.39, 0.29) is 24.8 Å². The molecule has 136 valence electrons. The summed E-state index contributed by atoms with van der Waals surface area (Å²) in [5.74, 6) is -1.03. The highest BCUT2D eigenvalue weighted by Gasteiger charge is 2.11. The van der Waals surface area contributed by atoms with E-state index in [1.54, 1.807) is 42.5 Å². The largest absolute Gasteiger partial charge is 0.465 e. The van der Waals surface area contributed by atoms with Crippen LogP contribution < -0.4 is 10.6 Å². The van der Waals surface area contributed by atoms with Gasteiger partial charge >= 0.3 is 5.97 Å². The number of hydrogen-bond acceptors (Lipinski definition) is 4. The molecule has 0 radical (unpaired) electrons. The van der Waals surface area contributed by atoms with Crippen molar-refractivity contribution >= 4 is 35.1 Å². The number of methoxy groups -OCH3 is 1. The summed E-state index contributed by atoms with van der Waals surface area (Å²) in [6.07, 6.45) is 0.0984. The standard InChI is InChI=1S/C19H19ClN2O4/c1-12-3-4-14(19(25)26-2)11-16(12)22-17(23)9-10-21-18(24)13-5-7-15(20)8-6-13/h3-8,11H,9-10H2,1-2H3,(H,21,24)(H,22,23). The second kappa shape index (κ2) is 9.01. The monoisotopic (exact) mass is 374 g/mol. The molecule has 2 rings (SSSR count). The van der Waals surface area contributed by atoms with E-state index in [4.69, 9.17) is 11.6 Å². The first-order chi connectivity index (χ1) is 12.4. The molecule has 0 aliphatic rings. The van der Waals surface area contributed by atoms with Crippen LogP contribution >= 0.6 is 11.6 Å². The molecule has 0 saturated heterocycles. The molecule has 2 N–H and O–H groups in total. The fourth-order valence-corrected chi connectivity index (χ4v) is 2.33. The van der Waals surface area contributed by atoms with Crippen molar-refractivity contribution in [2.45, 2.75) is 13.3 Å². The number of aryl methyl sites for hydroxylation is 1. The van der Waals surface area contributed by atoms with Crippen LogP contribution in [0.15, 0.2) is 42.5 Å². The van der Waals surface area contributed by atoms with Crippen LogP contribution in [0, 0.1) is 6.92 Å². The topological polar surface area (TPSA) is 84.5 Å². The number of carbonyl (C=O) groups excluding carboxylic acids is 3. The molecule has 0 unspecified atom stereocenters. The van der Waals surface area contributed by atoms with Gasteiger partial charge in [0, 0.05) is 29.2 Å². The van der Waals surface area contributed by atoms with Crippen molar-refractivity contribution in [1.82, 2.24) is 5.32 Å². The Labute approximate surface area is 156 Å². The molecule has 0 aromatic heterocycles. The summed E-state index contributed by atoms with van der Waals surface area (Å²) in [7, 11) is 1.30. The van der Waals surface area contributed by atoms with E-state index < -0.39 is 5.97 Å². The fraction of sp³-hybridized carbons (Fsp3) is 0.211. The quantitative estimate of drug-likeness (QED) is 0.760. The highest BCUT2D eigenvalue weighted by atomic mass is 35.5. The molecule has 0 atom stereocenters. The number of hydrogen-bond donors (Lipinski definition) is 2. The van der Waals surface area contributed by atoms with E-state index in [9.17, 15) is 14.4 Å². The number of esters is 1. The predicted molar refractivity (Wildman–Crippen MR) is 99.6 cm³/mol. The second-order valence-electron chi connectivity index (χ2n) is 5.58. The van der Waals surface area contributed by atoms with Crippen LogP contribution in [-0.4, -0.2) is 31.4 Å². The van der Waals surface area contributed by atoms with Crippen molar-refractivity contribution in [1.29, 1.82) is 0 Å². The van der Waals surface area contributed by atoms with Crippen molar-refractivity contribution in [3.8, 4) is 0 Å². The van der Waals surface area contributed by atoms with Crippen LogP contribution in [0.2, 0.25) is 5.02 Å². The van der Waals surface area contributed by atoms with Crippen molar-refractivity contribution < 1.29 is 19.1 Å². The number of amides is 2. The lowest BCUT2D eigenvalue weighted by atomic mass is 10.1. The maximum Gasteiger partial charge on any atom is 0.337 e. The van der Waals surface area contributed by atoms with Gasteiger partial charge in [-0.05, 0) is 48.9 Å². The third kappa shape index (κ3) is 5.32. The minimum atomic E-state index is -0.476. The molecule has 0 aliphatic heterocycles. The molecule has 0 heterocycles. The van der Waals surface area contributed by atoms with Gasteiger partial charge in [0.2, 0.25) is 5.91 Å². The highest BCUT2D eigenvalue weighted by Crippen LogP contribution is 2.17. The number of benzene rings is 2. The molecule has 2 aromatic carbocycles. The van der Waals surface area contributed by atoms with Crippen LogP contribution in [0.1, 0.15) is 32.7 Å². The zero-order valence-electron chi connectivity index (χ0n) is 14.5. The summed E-state index contributed by atoms with van der Waals surface area (Å²) in [5.41, 5.74) is 2.17. The van der Waals surface area contributed by atoms with Gasteiger partial charge in [0.25, 0.3) is 5.91 Å². The lowest BCUT2D eigenvalue weighted by Crippen LogP contribution is -2.27. The highest BCUT2D eigenvalue weighted by molar-refractivity contribution is 6.30. The zero-order valence-corrected chi connectivity index (χ0v) is 15.2. The summed E-state index contributed by atoms with van der Waals surface area (Å²) < 4.78 is 4.67. The van der Waals surface area contributed by atoms with Crippen LogP contribution in [0.25, 0.3) is 0 Å². The molecule has 7 heteroatoms. The van der Waals surface area contributed by atoms with Gasteiger partial charge in [-0.2, -0.15) is 0 Å². The Hall–Kier alpha value is -2.86. The minimum Gasteiger partial charge on any atom is -0.465 e. The maximum absolute atomic E-state index is 12.1. The lowest BCUT2D eigenvalue weighted by molar-refractivity contribution is -0.116. The minimum absolute atomic E-state index is 0.0984. The first-order valence-corrected chi connectivity index (χ1v) is 8.31. The van der Waals surface area contributed by atoms with Crippen LogP contribution in [-0.2, 0) is 9.53 Å². The van der Waals surface area contributed by atoms with Crippen LogP contribution in [0.5, 0.6) is 0 Å². The predicted octanol–water partition coefficient (Wildman–Crippen LogP) is 3.19. The van der Waals surface area contributed by atoms with Crippen molar-refractivity contribution in [2.75, 3.05) is 19.0 Å². The van der Waals surface area contributed by atoms with Crippen molar-refractivity contribution in [3.63, 3.8) is 0 Å². The van der Waals surface area contributed by atoms with Crippen LogP contribution in [0.4, 0.5) is 5.69 Å². The summed E-state index contributed by atoms with van der Waals surface area (Å²) in [5, 5.41) is 5.95. The van der Waals surface area contributed by atoms with Crippen molar-refractivity contribution in [2.24, 2.45) is 0 Å². The summed E-state index contributed by atoms with van der Waals surface area (Å²) in [6, 6.07) is 11.4. The second-order valence-corrected chi connectivity index (χ2v) is 6.02. The van der Waals surface area contributed by atoms with Gasteiger partial charge in [-0.15, -0.1) is 0 Å². The average Bonchev–Trinajstić information content (AvgIpc) is 2.63. The molecule has 26 heavy (non-hydrogen) atoms. The Bertz CT molecular complexity index is 819. The van der Waals surface area contributed by atoms with Gasteiger partial charge in [0.15, 0.2) is 0 Å². The molecule has 0 saturated carbocycles. The van der Waals surface area contributed by atoms with E-state index in [1.165, 1.54) is 7.11 Å². The van der Waals surface area contributed by atoms with Gasteiger partial charge in [0.1, 0.15) is 0 Å². The summed E-state index contributed by atoms with van der Waals surface area (Å²) in [4.78, 5) is 35.6. The Balaban J connectivity index is 1.88. The van der Waals surface area contributed by atoms with E-state index in [1.807, 2.05) is 6.92 Å². The Morgan fingerprint density at radius 3 is 2.35 bits per heavy atom. The normalized spacial score (nSPS) is 10.1. The van der Waals surface area contributed by atoms with Crippen molar-refractivity contribution in [3.05, 3.63) is 64.2 Å². The van der Waals surface area contributed by atoms with E-state index in [0.29, 0.717) is 21.8 Å². The molecular formula is C19H19ClN2O4. The Kier molecular flexibility index (Phi) is 6.74. The Morgan fingerprint density at radius 1 is 1.04 bits per heavy atom. The first kappa shape index (κ1) is 19.5. The molecule has 0 fully saturated rings. The Morgan fingerprint density at radius 2 is 1.69 bits per heavy atom. The number of nitrogens with one attached hydrogen (secondary N) is 2. The zero-order chi connectivity index (χ0) is 19.1. The van der Waals surface area contributed by atoms with E-state index in [2.05, 4.69) is 15.4 Å². The fourth-order valence-electron chi connectivity index (χ4n) is 2.21. The maximum atomic E-state index is 12.1. The SMILES string of the molecule is COC(=O)c1ccc(C)c(NC(=O)CCNC(=O)c2ccc(Cl)cc2)c1. The van der Waals surface area contributed by atoms with E-state index >= 15 is 0 Å². The lowest BCUT2D eigenvalue weighted by Gasteiger charge is -2.10. The van der Waals surface area contributed by atoms with Gasteiger partial charge in [0.05, 0.1) is 12.7 Å². The number of carbonyl (C=O) groups is 3. The smallest absolute Gasteiger partial charge is 0.337 e. The van der Waals surface area contributed by atoms with Gasteiger partial charge in [-0.1, -0.05) is 17.7 Å². The summed E-state index contributed by atoms with van der Waals surface area (Å²) in [6.45, 7) is 2.00. The number of rotatable bonds is 6. The third-order valence-corrected chi connectivity index (χ3v) is 3.93. The first-order valence-electron chi connectivity index (χ1n) is 7.93. The molecule has 0 aliphatic carbocycles. The van der Waals surface area contributed by atoms with Crippen LogP contribution in [0.3, 0.4) is 0 Å². The number of ether oxygens (including phenoxy) is 1. The molecular weight excluding hydrogens is 356 g/mol. The van der Waals surface area contributed by atoms with E-state index in [0.717, 1.165) is 5.56 Å². The number of anilines is 1. The third-order valence-electron chi connectivity index (χ3n) is 3.68. The van der Waals surface area contributed by atoms with Gasteiger partial charge < -0.3 is 15.4 Å². The molecule has 2 amide bonds.